The minimum absolute atomic E-state index is 0.0276. The van der Waals surface area contributed by atoms with Gasteiger partial charge in [-0.2, -0.15) is 0 Å². The van der Waals surface area contributed by atoms with E-state index >= 15 is 0 Å². The molecule has 0 unspecified atom stereocenters. The van der Waals surface area contributed by atoms with Crippen LogP contribution in [-0.2, 0) is 11.3 Å². The van der Waals surface area contributed by atoms with Crippen LogP contribution in [-0.4, -0.2) is 22.0 Å². The van der Waals surface area contributed by atoms with E-state index in [1.807, 2.05) is 44.2 Å². The number of nitrogen functional groups attached to an aromatic ring is 1. The third-order valence-corrected chi connectivity index (χ3v) is 4.44. The van der Waals surface area contributed by atoms with Crippen LogP contribution in [0.3, 0.4) is 0 Å². The Morgan fingerprint density at radius 1 is 1.14 bits per heavy atom. The molecule has 1 aromatic heterocycles. The highest BCUT2D eigenvalue weighted by Crippen LogP contribution is 2.19. The minimum atomic E-state index is -0.646. The number of hydrogen-bond acceptors (Lipinski definition) is 4. The summed E-state index contributed by atoms with van der Waals surface area (Å²) in [5.41, 5.74) is 5.88. The van der Waals surface area contributed by atoms with Gasteiger partial charge in [-0.15, -0.1) is 0 Å². The maximum Gasteiger partial charge on any atom is 0.330 e. The third kappa shape index (κ3) is 5.22. The summed E-state index contributed by atoms with van der Waals surface area (Å²) in [4.78, 5) is 41.2. The van der Waals surface area contributed by atoms with Crippen LogP contribution >= 0.6 is 0 Å². The highest BCUT2D eigenvalue weighted by Gasteiger charge is 2.22. The highest BCUT2D eigenvalue weighted by atomic mass is 16.2. The van der Waals surface area contributed by atoms with Crippen molar-refractivity contribution in [1.29, 1.82) is 0 Å². The molecule has 7 nitrogen and oxygen atoms in total. The van der Waals surface area contributed by atoms with Crippen LogP contribution in [0.4, 0.5) is 11.5 Å². The van der Waals surface area contributed by atoms with Gasteiger partial charge in [0.25, 0.3) is 11.5 Å². The van der Waals surface area contributed by atoms with E-state index in [1.54, 1.807) is 6.08 Å². The van der Waals surface area contributed by atoms with Crippen LogP contribution in [0.5, 0.6) is 0 Å². The lowest BCUT2D eigenvalue weighted by molar-refractivity contribution is -0.114. The van der Waals surface area contributed by atoms with Crippen molar-refractivity contribution in [2.45, 2.75) is 46.1 Å². The first-order valence-corrected chi connectivity index (χ1v) is 9.66. The first-order chi connectivity index (χ1) is 13.5. The van der Waals surface area contributed by atoms with Crippen molar-refractivity contribution in [2.75, 3.05) is 17.2 Å². The molecule has 28 heavy (non-hydrogen) atoms. The summed E-state index contributed by atoms with van der Waals surface area (Å²) in [5.74, 6) is -0.324. The fourth-order valence-electron chi connectivity index (χ4n) is 2.85. The Balaban J connectivity index is 2.44. The van der Waals surface area contributed by atoms with E-state index in [-0.39, 0.29) is 17.4 Å². The molecule has 1 heterocycles. The molecule has 0 saturated heterocycles. The van der Waals surface area contributed by atoms with Gasteiger partial charge >= 0.3 is 5.69 Å². The molecule has 0 saturated carbocycles. The van der Waals surface area contributed by atoms with E-state index in [9.17, 15) is 14.4 Å². The van der Waals surface area contributed by atoms with E-state index in [4.69, 9.17) is 5.73 Å². The van der Waals surface area contributed by atoms with E-state index < -0.39 is 11.2 Å². The van der Waals surface area contributed by atoms with Gasteiger partial charge < -0.3 is 10.6 Å². The Hall–Kier alpha value is -3.09. The molecule has 0 aliphatic carbocycles. The number of anilines is 2. The van der Waals surface area contributed by atoms with Crippen LogP contribution in [0.1, 0.15) is 45.1 Å². The second kappa shape index (κ2) is 10.3. The molecule has 1 aromatic carbocycles. The van der Waals surface area contributed by atoms with Gasteiger partial charge in [0, 0.05) is 19.2 Å². The smallest absolute Gasteiger partial charge is 0.330 e. The van der Waals surface area contributed by atoms with Crippen molar-refractivity contribution in [3.8, 4) is 0 Å². The van der Waals surface area contributed by atoms with Gasteiger partial charge in [-0.05, 0) is 24.5 Å². The normalized spacial score (nSPS) is 11.1. The summed E-state index contributed by atoms with van der Waals surface area (Å²) in [7, 11) is 0. The van der Waals surface area contributed by atoms with Gasteiger partial charge in [-0.1, -0.05) is 57.0 Å². The van der Waals surface area contributed by atoms with E-state index in [1.165, 1.54) is 15.5 Å². The maximum atomic E-state index is 12.9. The number of hydrogen-bond donors (Lipinski definition) is 2. The van der Waals surface area contributed by atoms with E-state index in [0.717, 1.165) is 24.8 Å². The van der Waals surface area contributed by atoms with Gasteiger partial charge in [0.15, 0.2) is 5.69 Å². The SMILES string of the molecule is CCCCN(C(=O)/C=C/c1ccccc1)c1c(N)n(CCCC)c(=O)[nH]c1=O. The van der Waals surface area contributed by atoms with Crippen molar-refractivity contribution in [3.05, 3.63) is 62.8 Å². The third-order valence-electron chi connectivity index (χ3n) is 4.44. The number of amides is 1. The van der Waals surface area contributed by atoms with Gasteiger partial charge in [-0.3, -0.25) is 19.1 Å². The summed E-state index contributed by atoms with van der Waals surface area (Å²) in [6, 6.07) is 9.42. The van der Waals surface area contributed by atoms with Gasteiger partial charge in [0.2, 0.25) is 0 Å². The molecule has 7 heteroatoms. The van der Waals surface area contributed by atoms with E-state index in [2.05, 4.69) is 4.98 Å². The van der Waals surface area contributed by atoms with Crippen molar-refractivity contribution < 1.29 is 4.79 Å². The van der Waals surface area contributed by atoms with Crippen LogP contribution in [0, 0.1) is 0 Å². The summed E-state index contributed by atoms with van der Waals surface area (Å²) in [6.07, 6.45) is 6.28. The van der Waals surface area contributed by atoms with Gasteiger partial charge in [-0.25, -0.2) is 4.79 Å². The molecule has 2 rings (SSSR count). The number of unbranched alkanes of at least 4 members (excludes halogenated alkanes) is 2. The fraction of sp³-hybridized carbons (Fsp3) is 0.381. The Kier molecular flexibility index (Phi) is 7.80. The van der Waals surface area contributed by atoms with Crippen LogP contribution in [0.15, 0.2) is 46.0 Å². The number of aromatic amines is 1. The number of nitrogens with two attached hydrogens (primary N) is 1. The lowest BCUT2D eigenvalue weighted by atomic mass is 10.2. The summed E-state index contributed by atoms with van der Waals surface area (Å²) >= 11 is 0. The minimum Gasteiger partial charge on any atom is -0.383 e. The molecule has 0 radical (unpaired) electrons. The van der Waals surface area contributed by atoms with Gasteiger partial charge in [0.1, 0.15) is 5.82 Å². The zero-order valence-corrected chi connectivity index (χ0v) is 16.5. The number of carbonyl (C=O) groups is 1. The Morgan fingerprint density at radius 2 is 1.82 bits per heavy atom. The first-order valence-electron chi connectivity index (χ1n) is 9.66. The molecule has 0 aliphatic heterocycles. The predicted octanol–water partition coefficient (Wildman–Crippen LogP) is 2.77. The van der Waals surface area contributed by atoms with Crippen LogP contribution < -0.4 is 21.9 Å². The number of rotatable bonds is 9. The average Bonchev–Trinajstić information content (AvgIpc) is 2.69. The second-order valence-electron chi connectivity index (χ2n) is 6.59. The van der Waals surface area contributed by atoms with Gasteiger partial charge in [0.05, 0.1) is 0 Å². The molecule has 2 aromatic rings. The molecular formula is C21H28N4O3. The number of benzene rings is 1. The Labute approximate surface area is 164 Å². The number of nitrogens with one attached hydrogen (secondary N) is 1. The monoisotopic (exact) mass is 384 g/mol. The molecular weight excluding hydrogens is 356 g/mol. The lowest BCUT2D eigenvalue weighted by Gasteiger charge is -2.23. The predicted molar refractivity (Wildman–Crippen MR) is 113 cm³/mol. The average molecular weight is 384 g/mol. The zero-order chi connectivity index (χ0) is 20.5. The molecule has 0 bridgehead atoms. The molecule has 0 atom stereocenters. The highest BCUT2D eigenvalue weighted by molar-refractivity contribution is 6.05. The quantitative estimate of drug-likeness (QED) is 0.649. The molecule has 3 N–H and O–H groups in total. The van der Waals surface area contributed by atoms with E-state index in [0.29, 0.717) is 19.5 Å². The van der Waals surface area contributed by atoms with Crippen molar-refractivity contribution in [2.24, 2.45) is 0 Å². The number of nitrogens with zero attached hydrogens (tertiary/aromatic N) is 2. The van der Waals surface area contributed by atoms with Crippen molar-refractivity contribution in [3.63, 3.8) is 0 Å². The zero-order valence-electron chi connectivity index (χ0n) is 16.5. The summed E-state index contributed by atoms with van der Waals surface area (Å²) in [6.45, 7) is 4.73. The second-order valence-corrected chi connectivity index (χ2v) is 6.59. The van der Waals surface area contributed by atoms with Crippen molar-refractivity contribution in [1.82, 2.24) is 9.55 Å². The topological polar surface area (TPSA) is 101 Å². The van der Waals surface area contributed by atoms with Crippen LogP contribution in [0.2, 0.25) is 0 Å². The molecule has 150 valence electrons. The maximum absolute atomic E-state index is 12.9. The number of aromatic nitrogens is 2. The van der Waals surface area contributed by atoms with Crippen LogP contribution in [0.25, 0.3) is 6.08 Å². The Morgan fingerprint density at radius 3 is 2.46 bits per heavy atom. The molecule has 0 fully saturated rings. The lowest BCUT2D eigenvalue weighted by Crippen LogP contribution is -2.41. The largest absolute Gasteiger partial charge is 0.383 e. The standard InChI is InChI=1S/C21H28N4O3/c1-3-5-14-24(17(26)13-12-16-10-8-7-9-11-16)18-19(22)25(15-6-4-2)21(28)23-20(18)27/h7-13H,3-6,14-15,22H2,1-2H3,(H,23,27,28)/b13-12+. The Bertz CT molecular complexity index is 929. The summed E-state index contributed by atoms with van der Waals surface area (Å²) < 4.78 is 1.33. The number of carbonyl (C=O) groups excluding carboxylic acids is 1. The molecule has 0 spiro atoms. The fourth-order valence-corrected chi connectivity index (χ4v) is 2.85. The molecule has 0 aliphatic rings. The van der Waals surface area contributed by atoms with Crippen molar-refractivity contribution >= 4 is 23.5 Å². The number of H-pyrrole nitrogens is 1. The summed E-state index contributed by atoms with van der Waals surface area (Å²) in [5, 5.41) is 0. The first kappa shape index (κ1) is 21.2. The molecule has 1 amide bonds.